The molecule has 0 aliphatic carbocycles. The minimum absolute atomic E-state index is 0.0148. The van der Waals surface area contributed by atoms with Crippen LogP contribution < -0.4 is 5.32 Å². The number of carbonyl (C=O) groups is 2. The molecule has 0 radical (unpaired) electrons. The van der Waals surface area contributed by atoms with E-state index in [1.807, 2.05) is 0 Å². The summed E-state index contributed by atoms with van der Waals surface area (Å²) in [4.78, 5) is 24.2. The number of hydrogen-bond acceptors (Lipinski definition) is 4. The first-order valence-corrected chi connectivity index (χ1v) is 6.15. The second kappa shape index (κ2) is 7.27. The fourth-order valence-electron chi connectivity index (χ4n) is 2.04. The van der Waals surface area contributed by atoms with Crippen LogP contribution in [0.25, 0.3) is 0 Å². The molecule has 1 rings (SSSR count). The number of carbonyl (C=O) groups excluding carboxylic acids is 2. The number of piperidine rings is 1. The molecule has 1 heterocycles. The van der Waals surface area contributed by atoms with Gasteiger partial charge in [-0.05, 0) is 38.3 Å². The standard InChI is InChI=1S/C12H22N2O3/c1-14(9-12(16)17-2)11(15)6-5-10-4-3-7-13-8-10/h10,13H,3-9H2,1-2H3. The minimum atomic E-state index is -0.375. The molecule has 0 aromatic rings. The van der Waals surface area contributed by atoms with Crippen LogP contribution in [0.15, 0.2) is 0 Å². The molecule has 1 amide bonds. The summed E-state index contributed by atoms with van der Waals surface area (Å²) in [5.74, 6) is 0.236. The average Bonchev–Trinajstić information content (AvgIpc) is 2.36. The Kier molecular flexibility index (Phi) is 5.97. The molecule has 1 aliphatic heterocycles. The summed E-state index contributed by atoms with van der Waals surface area (Å²) in [6.07, 6.45) is 3.80. The number of hydrogen-bond donors (Lipinski definition) is 1. The largest absolute Gasteiger partial charge is 0.468 e. The van der Waals surface area contributed by atoms with E-state index < -0.39 is 0 Å². The van der Waals surface area contributed by atoms with E-state index in [9.17, 15) is 9.59 Å². The Morgan fingerprint density at radius 1 is 1.47 bits per heavy atom. The highest BCUT2D eigenvalue weighted by atomic mass is 16.5. The van der Waals surface area contributed by atoms with Crippen molar-refractivity contribution in [3.63, 3.8) is 0 Å². The topological polar surface area (TPSA) is 58.6 Å². The molecule has 1 aliphatic rings. The summed E-state index contributed by atoms with van der Waals surface area (Å²) in [6.45, 7) is 2.14. The van der Waals surface area contributed by atoms with E-state index in [1.165, 1.54) is 24.9 Å². The number of amides is 1. The van der Waals surface area contributed by atoms with Crippen molar-refractivity contribution in [3.8, 4) is 0 Å². The second-order valence-corrected chi connectivity index (χ2v) is 4.58. The van der Waals surface area contributed by atoms with Gasteiger partial charge in [0, 0.05) is 13.5 Å². The Labute approximate surface area is 102 Å². The third-order valence-electron chi connectivity index (χ3n) is 3.19. The molecular formula is C12H22N2O3. The van der Waals surface area contributed by atoms with Crippen molar-refractivity contribution in [1.29, 1.82) is 0 Å². The van der Waals surface area contributed by atoms with E-state index in [0.717, 1.165) is 19.5 Å². The highest BCUT2D eigenvalue weighted by Gasteiger charge is 2.17. The predicted octanol–water partition coefficient (Wildman–Crippen LogP) is 0.398. The van der Waals surface area contributed by atoms with Gasteiger partial charge in [-0.1, -0.05) is 0 Å². The first-order chi connectivity index (χ1) is 8.13. The van der Waals surface area contributed by atoms with E-state index in [1.54, 1.807) is 7.05 Å². The van der Waals surface area contributed by atoms with Crippen LogP contribution in [0.4, 0.5) is 0 Å². The molecule has 17 heavy (non-hydrogen) atoms. The molecule has 0 saturated carbocycles. The van der Waals surface area contributed by atoms with Gasteiger partial charge < -0.3 is 15.0 Å². The number of esters is 1. The van der Waals surface area contributed by atoms with E-state index >= 15 is 0 Å². The lowest BCUT2D eigenvalue weighted by Crippen LogP contribution is -2.34. The number of rotatable bonds is 5. The molecule has 0 spiro atoms. The second-order valence-electron chi connectivity index (χ2n) is 4.58. The van der Waals surface area contributed by atoms with Crippen LogP contribution in [0.5, 0.6) is 0 Å². The maximum Gasteiger partial charge on any atom is 0.325 e. The van der Waals surface area contributed by atoms with E-state index in [-0.39, 0.29) is 18.4 Å². The maximum atomic E-state index is 11.7. The van der Waals surface area contributed by atoms with Crippen LogP contribution in [0.1, 0.15) is 25.7 Å². The Hall–Kier alpha value is -1.10. The third kappa shape index (κ3) is 5.17. The minimum Gasteiger partial charge on any atom is -0.468 e. The van der Waals surface area contributed by atoms with Gasteiger partial charge in [0.2, 0.25) is 5.91 Å². The molecule has 5 nitrogen and oxygen atoms in total. The van der Waals surface area contributed by atoms with Crippen LogP contribution >= 0.6 is 0 Å². The van der Waals surface area contributed by atoms with Crippen molar-refractivity contribution >= 4 is 11.9 Å². The molecule has 98 valence electrons. The quantitative estimate of drug-likeness (QED) is 0.709. The Bertz CT molecular complexity index is 262. The summed E-state index contributed by atoms with van der Waals surface area (Å²) in [7, 11) is 2.97. The Morgan fingerprint density at radius 2 is 2.24 bits per heavy atom. The van der Waals surface area contributed by atoms with Gasteiger partial charge in [-0.2, -0.15) is 0 Å². The van der Waals surface area contributed by atoms with Crippen molar-refractivity contribution in [3.05, 3.63) is 0 Å². The molecule has 0 aromatic carbocycles. The monoisotopic (exact) mass is 242 g/mol. The van der Waals surface area contributed by atoms with Crippen molar-refractivity contribution in [1.82, 2.24) is 10.2 Å². The highest BCUT2D eigenvalue weighted by molar-refractivity contribution is 5.81. The zero-order valence-electron chi connectivity index (χ0n) is 10.7. The lowest BCUT2D eigenvalue weighted by atomic mass is 9.94. The number of nitrogens with zero attached hydrogens (tertiary/aromatic N) is 1. The van der Waals surface area contributed by atoms with Crippen LogP contribution in [0.3, 0.4) is 0 Å². The van der Waals surface area contributed by atoms with Crippen molar-refractivity contribution < 1.29 is 14.3 Å². The lowest BCUT2D eigenvalue weighted by molar-refractivity contribution is -0.146. The first kappa shape index (κ1) is 14.0. The summed E-state index contributed by atoms with van der Waals surface area (Å²) in [5, 5.41) is 3.33. The smallest absolute Gasteiger partial charge is 0.325 e. The molecule has 5 heteroatoms. The average molecular weight is 242 g/mol. The van der Waals surface area contributed by atoms with Crippen LogP contribution in [-0.4, -0.2) is 50.6 Å². The predicted molar refractivity (Wildman–Crippen MR) is 64.5 cm³/mol. The zero-order chi connectivity index (χ0) is 12.7. The molecular weight excluding hydrogens is 220 g/mol. The van der Waals surface area contributed by atoms with Crippen LogP contribution in [-0.2, 0) is 14.3 Å². The van der Waals surface area contributed by atoms with Gasteiger partial charge in [-0.15, -0.1) is 0 Å². The molecule has 1 N–H and O–H groups in total. The van der Waals surface area contributed by atoms with Gasteiger partial charge in [0.05, 0.1) is 7.11 Å². The van der Waals surface area contributed by atoms with Gasteiger partial charge in [-0.25, -0.2) is 0 Å². The van der Waals surface area contributed by atoms with E-state index in [4.69, 9.17) is 0 Å². The van der Waals surface area contributed by atoms with Gasteiger partial charge >= 0.3 is 5.97 Å². The fourth-order valence-corrected chi connectivity index (χ4v) is 2.04. The molecule has 0 bridgehead atoms. The van der Waals surface area contributed by atoms with Gasteiger partial charge in [0.15, 0.2) is 0 Å². The summed E-state index contributed by atoms with van der Waals surface area (Å²) in [6, 6.07) is 0. The highest BCUT2D eigenvalue weighted by Crippen LogP contribution is 2.16. The molecule has 1 atom stereocenters. The van der Waals surface area contributed by atoms with Crippen molar-refractivity contribution in [2.45, 2.75) is 25.7 Å². The van der Waals surface area contributed by atoms with Crippen molar-refractivity contribution in [2.75, 3.05) is 33.8 Å². The fraction of sp³-hybridized carbons (Fsp3) is 0.833. The Morgan fingerprint density at radius 3 is 2.82 bits per heavy atom. The Balaban J connectivity index is 2.21. The number of methoxy groups -OCH3 is 1. The van der Waals surface area contributed by atoms with Gasteiger partial charge in [0.1, 0.15) is 6.54 Å². The number of nitrogens with one attached hydrogen (secondary N) is 1. The zero-order valence-corrected chi connectivity index (χ0v) is 10.7. The summed E-state index contributed by atoms with van der Waals surface area (Å²) >= 11 is 0. The van der Waals surface area contributed by atoms with E-state index in [2.05, 4.69) is 10.1 Å². The van der Waals surface area contributed by atoms with Gasteiger partial charge in [0.25, 0.3) is 0 Å². The molecule has 1 unspecified atom stereocenters. The lowest BCUT2D eigenvalue weighted by Gasteiger charge is -2.23. The molecule has 0 aromatic heterocycles. The number of likely N-dealkylation sites (N-methyl/N-ethyl adjacent to an activating group) is 1. The van der Waals surface area contributed by atoms with Crippen molar-refractivity contribution in [2.24, 2.45) is 5.92 Å². The summed E-state index contributed by atoms with van der Waals surface area (Å²) in [5.41, 5.74) is 0. The first-order valence-electron chi connectivity index (χ1n) is 6.15. The SMILES string of the molecule is COC(=O)CN(C)C(=O)CCC1CCCNC1. The van der Waals surface area contributed by atoms with E-state index in [0.29, 0.717) is 12.3 Å². The van der Waals surface area contributed by atoms with Gasteiger partial charge in [-0.3, -0.25) is 9.59 Å². The third-order valence-corrected chi connectivity index (χ3v) is 3.19. The maximum absolute atomic E-state index is 11.7. The normalized spacial score (nSPS) is 19.8. The summed E-state index contributed by atoms with van der Waals surface area (Å²) < 4.78 is 4.52. The number of ether oxygens (including phenoxy) is 1. The molecule has 1 fully saturated rings. The molecule has 1 saturated heterocycles. The van der Waals surface area contributed by atoms with Crippen LogP contribution in [0.2, 0.25) is 0 Å². The van der Waals surface area contributed by atoms with Crippen LogP contribution in [0, 0.1) is 5.92 Å².